The maximum atomic E-state index is 9.73. The van der Waals surface area contributed by atoms with Crippen molar-refractivity contribution in [1.29, 1.82) is 0 Å². The van der Waals surface area contributed by atoms with Gasteiger partial charge in [-0.3, -0.25) is 0 Å². The number of nitrogens with zero attached hydrogens (tertiary/aromatic N) is 2. The molecule has 2 rings (SSSR count). The van der Waals surface area contributed by atoms with Gasteiger partial charge in [-0.05, 0) is 32.4 Å². The van der Waals surface area contributed by atoms with E-state index in [2.05, 4.69) is 17.1 Å². The first kappa shape index (κ1) is 14.5. The van der Waals surface area contributed by atoms with Gasteiger partial charge in [-0.1, -0.05) is 24.6 Å². The zero-order valence-electron chi connectivity index (χ0n) is 12.1. The first-order chi connectivity index (χ1) is 9.67. The fourth-order valence-corrected chi connectivity index (χ4v) is 2.08. The van der Waals surface area contributed by atoms with Gasteiger partial charge in [0.05, 0.1) is 0 Å². The van der Waals surface area contributed by atoms with Crippen molar-refractivity contribution in [3.63, 3.8) is 0 Å². The molecule has 5 heteroatoms. The fraction of sp³-hybridized carbons (Fsp3) is 0.467. The van der Waals surface area contributed by atoms with Crippen LogP contribution in [0, 0.1) is 6.92 Å². The Kier molecular flexibility index (Phi) is 4.74. The molecule has 0 amide bonds. The van der Waals surface area contributed by atoms with Crippen LogP contribution < -0.4 is 0 Å². The Morgan fingerprint density at radius 1 is 1.35 bits per heavy atom. The van der Waals surface area contributed by atoms with Gasteiger partial charge in [0, 0.05) is 17.7 Å². The van der Waals surface area contributed by atoms with E-state index in [9.17, 15) is 5.11 Å². The van der Waals surface area contributed by atoms with Gasteiger partial charge < -0.3 is 14.4 Å². The van der Waals surface area contributed by atoms with Crippen LogP contribution in [-0.2, 0) is 4.74 Å². The molecule has 20 heavy (non-hydrogen) atoms. The van der Waals surface area contributed by atoms with Crippen LogP contribution >= 0.6 is 0 Å². The number of rotatable bonds is 6. The average molecular weight is 276 g/mol. The molecule has 1 aromatic heterocycles. The van der Waals surface area contributed by atoms with Gasteiger partial charge in [-0.15, -0.1) is 0 Å². The van der Waals surface area contributed by atoms with Gasteiger partial charge in [0.2, 0.25) is 5.82 Å². The molecule has 1 unspecified atom stereocenters. The SMILES string of the molecule is CCCC(OCC)c1noc(-c2cccc(O)c2C)n1. The lowest BCUT2D eigenvalue weighted by molar-refractivity contribution is 0.0478. The van der Waals surface area contributed by atoms with Crippen LogP contribution in [0.3, 0.4) is 0 Å². The second-order valence-electron chi connectivity index (χ2n) is 4.64. The Morgan fingerprint density at radius 2 is 2.15 bits per heavy atom. The second kappa shape index (κ2) is 6.52. The number of hydrogen-bond donors (Lipinski definition) is 1. The predicted molar refractivity (Wildman–Crippen MR) is 75.4 cm³/mol. The van der Waals surface area contributed by atoms with Gasteiger partial charge in [0.25, 0.3) is 5.89 Å². The average Bonchev–Trinajstić information content (AvgIpc) is 2.91. The molecule has 1 N–H and O–H groups in total. The lowest BCUT2D eigenvalue weighted by atomic mass is 10.1. The summed E-state index contributed by atoms with van der Waals surface area (Å²) in [4.78, 5) is 4.41. The summed E-state index contributed by atoms with van der Waals surface area (Å²) in [6, 6.07) is 5.24. The van der Waals surface area contributed by atoms with E-state index in [0.717, 1.165) is 24.0 Å². The van der Waals surface area contributed by atoms with Crippen molar-refractivity contribution in [2.45, 2.75) is 39.7 Å². The molecule has 2 aromatic rings. The third kappa shape index (κ3) is 2.99. The third-order valence-corrected chi connectivity index (χ3v) is 3.18. The summed E-state index contributed by atoms with van der Waals surface area (Å²) in [5.41, 5.74) is 1.47. The highest BCUT2D eigenvalue weighted by Gasteiger charge is 2.19. The first-order valence-electron chi connectivity index (χ1n) is 6.91. The summed E-state index contributed by atoms with van der Waals surface area (Å²) in [5, 5.41) is 13.7. The summed E-state index contributed by atoms with van der Waals surface area (Å²) in [6.45, 7) is 6.47. The van der Waals surface area contributed by atoms with Gasteiger partial charge in [0.15, 0.2) is 0 Å². The fourth-order valence-electron chi connectivity index (χ4n) is 2.08. The topological polar surface area (TPSA) is 68.4 Å². The normalized spacial score (nSPS) is 12.6. The minimum Gasteiger partial charge on any atom is -0.508 e. The Labute approximate surface area is 118 Å². The number of aromatic hydroxyl groups is 1. The molecule has 5 nitrogen and oxygen atoms in total. The Hall–Kier alpha value is -1.88. The summed E-state index contributed by atoms with van der Waals surface area (Å²) >= 11 is 0. The van der Waals surface area contributed by atoms with Crippen molar-refractivity contribution in [2.75, 3.05) is 6.61 Å². The van der Waals surface area contributed by atoms with E-state index in [-0.39, 0.29) is 11.9 Å². The molecule has 0 bridgehead atoms. The van der Waals surface area contributed by atoms with Crippen molar-refractivity contribution in [3.05, 3.63) is 29.6 Å². The van der Waals surface area contributed by atoms with Crippen LogP contribution in [0.5, 0.6) is 5.75 Å². The molecule has 108 valence electrons. The lowest BCUT2D eigenvalue weighted by Gasteiger charge is -2.11. The third-order valence-electron chi connectivity index (χ3n) is 3.18. The minimum absolute atomic E-state index is 0.139. The first-order valence-corrected chi connectivity index (χ1v) is 6.91. The summed E-state index contributed by atoms with van der Waals surface area (Å²) in [6.07, 6.45) is 1.70. The highest BCUT2D eigenvalue weighted by Crippen LogP contribution is 2.29. The second-order valence-corrected chi connectivity index (χ2v) is 4.64. The Bertz CT molecular complexity index is 560. The molecule has 0 saturated heterocycles. The van der Waals surface area contributed by atoms with E-state index in [1.165, 1.54) is 0 Å². The van der Waals surface area contributed by atoms with Crippen molar-refractivity contribution in [3.8, 4) is 17.2 Å². The number of aromatic nitrogens is 2. The number of ether oxygens (including phenoxy) is 1. The molecule has 1 aromatic carbocycles. The highest BCUT2D eigenvalue weighted by atomic mass is 16.5. The van der Waals surface area contributed by atoms with Gasteiger partial charge >= 0.3 is 0 Å². The molecule has 0 aliphatic heterocycles. The van der Waals surface area contributed by atoms with Crippen LogP contribution in [-0.4, -0.2) is 21.9 Å². The molecule has 1 heterocycles. The van der Waals surface area contributed by atoms with Gasteiger partial charge in [-0.25, -0.2) is 0 Å². The van der Waals surface area contributed by atoms with E-state index in [4.69, 9.17) is 9.26 Å². The number of hydrogen-bond acceptors (Lipinski definition) is 5. The van der Waals surface area contributed by atoms with Crippen LogP contribution in [0.15, 0.2) is 22.7 Å². The molecule has 0 fully saturated rings. The summed E-state index contributed by atoms with van der Waals surface area (Å²) in [7, 11) is 0. The van der Waals surface area contributed by atoms with E-state index < -0.39 is 0 Å². The minimum atomic E-state index is -0.139. The molecule has 0 radical (unpaired) electrons. The molecule has 0 saturated carbocycles. The van der Waals surface area contributed by atoms with E-state index in [1.54, 1.807) is 12.1 Å². The molecular formula is C15H20N2O3. The van der Waals surface area contributed by atoms with E-state index in [1.807, 2.05) is 19.9 Å². The van der Waals surface area contributed by atoms with E-state index in [0.29, 0.717) is 18.3 Å². The monoisotopic (exact) mass is 276 g/mol. The van der Waals surface area contributed by atoms with Crippen LogP contribution in [0.1, 0.15) is 44.2 Å². The maximum Gasteiger partial charge on any atom is 0.258 e. The number of benzene rings is 1. The van der Waals surface area contributed by atoms with Crippen molar-refractivity contribution in [2.24, 2.45) is 0 Å². The number of phenols is 1. The van der Waals surface area contributed by atoms with Gasteiger partial charge in [-0.2, -0.15) is 4.98 Å². The standard InChI is InChI=1S/C15H20N2O3/c1-4-7-13(19-5-2)14-16-15(20-17-14)11-8-6-9-12(18)10(11)3/h6,8-9,13,18H,4-5,7H2,1-3H3. The molecular weight excluding hydrogens is 256 g/mol. The highest BCUT2D eigenvalue weighted by molar-refractivity contribution is 5.61. The Morgan fingerprint density at radius 3 is 2.85 bits per heavy atom. The zero-order chi connectivity index (χ0) is 14.5. The largest absolute Gasteiger partial charge is 0.508 e. The smallest absolute Gasteiger partial charge is 0.258 e. The lowest BCUT2D eigenvalue weighted by Crippen LogP contribution is -2.06. The Balaban J connectivity index is 2.30. The maximum absolute atomic E-state index is 9.73. The molecule has 0 aliphatic rings. The molecule has 1 atom stereocenters. The van der Waals surface area contributed by atoms with Crippen LogP contribution in [0.4, 0.5) is 0 Å². The summed E-state index contributed by atoms with van der Waals surface area (Å²) < 4.78 is 10.9. The predicted octanol–water partition coefficient (Wildman–Crippen LogP) is 3.63. The quantitative estimate of drug-likeness (QED) is 0.872. The van der Waals surface area contributed by atoms with E-state index >= 15 is 0 Å². The molecule has 0 aliphatic carbocycles. The van der Waals surface area contributed by atoms with Crippen molar-refractivity contribution >= 4 is 0 Å². The van der Waals surface area contributed by atoms with Gasteiger partial charge in [0.1, 0.15) is 11.9 Å². The molecule has 0 spiro atoms. The number of phenolic OH excluding ortho intramolecular Hbond substituents is 1. The van der Waals surface area contributed by atoms with Crippen LogP contribution in [0.2, 0.25) is 0 Å². The van der Waals surface area contributed by atoms with Crippen molar-refractivity contribution in [1.82, 2.24) is 10.1 Å². The van der Waals surface area contributed by atoms with Crippen LogP contribution in [0.25, 0.3) is 11.5 Å². The summed E-state index contributed by atoms with van der Waals surface area (Å²) in [5.74, 6) is 1.19. The van der Waals surface area contributed by atoms with Crippen molar-refractivity contribution < 1.29 is 14.4 Å². The zero-order valence-corrected chi connectivity index (χ0v) is 12.1.